The Morgan fingerprint density at radius 3 is 1.86 bits per heavy atom. The van der Waals surface area contributed by atoms with Crippen LogP contribution in [0.1, 0.15) is 36.1 Å². The molecule has 0 fully saturated rings. The van der Waals surface area contributed by atoms with Crippen LogP contribution in [0.2, 0.25) is 0 Å². The Balaban J connectivity index is 1.89. The van der Waals surface area contributed by atoms with Gasteiger partial charge in [-0.05, 0) is 59.0 Å². The van der Waals surface area contributed by atoms with Crippen LogP contribution in [0.4, 0.5) is 0 Å². The quantitative estimate of drug-likeness (QED) is 0.555. The average Bonchev–Trinajstić information content (AvgIpc) is 2.59. The molecule has 0 heteroatoms. The highest BCUT2D eigenvalue weighted by molar-refractivity contribution is 5.84. The van der Waals surface area contributed by atoms with Gasteiger partial charge in [-0.2, -0.15) is 0 Å². The van der Waals surface area contributed by atoms with Crippen molar-refractivity contribution < 1.29 is 0 Å². The average molecular weight is 284 g/mol. The highest BCUT2D eigenvalue weighted by Gasteiger charge is 1.96. The fraction of sp³-hybridized carbons (Fsp3) is 0.182. The van der Waals surface area contributed by atoms with E-state index in [1.807, 2.05) is 0 Å². The molecule has 0 aliphatic heterocycles. The maximum atomic E-state index is 3.27. The monoisotopic (exact) mass is 284 g/mol. The van der Waals surface area contributed by atoms with E-state index in [-0.39, 0.29) is 0 Å². The molecule has 0 aromatic heterocycles. The molecule has 0 atom stereocenters. The summed E-state index contributed by atoms with van der Waals surface area (Å²) in [6.45, 7) is 4.35. The number of aryl methyl sites for hydroxylation is 2. The van der Waals surface area contributed by atoms with Gasteiger partial charge in [-0.15, -0.1) is 0 Å². The van der Waals surface area contributed by atoms with Crippen molar-refractivity contribution in [3.63, 3.8) is 0 Å². The molecule has 108 valence electrons. The summed E-state index contributed by atoms with van der Waals surface area (Å²) in [5.74, 6) is 6.52. The first-order chi connectivity index (χ1) is 10.8. The van der Waals surface area contributed by atoms with Crippen LogP contribution in [0.15, 0.2) is 60.7 Å². The molecule has 0 aliphatic carbocycles. The summed E-state index contributed by atoms with van der Waals surface area (Å²) in [5.41, 5.74) is 4.86. The molecule has 0 nitrogen and oxygen atoms in total. The van der Waals surface area contributed by atoms with Gasteiger partial charge in [0.15, 0.2) is 0 Å². The molecule has 3 rings (SSSR count). The van der Waals surface area contributed by atoms with Gasteiger partial charge in [0.05, 0.1) is 0 Å². The molecular formula is C22H20. The van der Waals surface area contributed by atoms with Crippen LogP contribution in [0.5, 0.6) is 0 Å². The van der Waals surface area contributed by atoms with Crippen molar-refractivity contribution in [2.45, 2.75) is 26.7 Å². The number of benzene rings is 3. The molecule has 0 unspecified atom stereocenters. The Bertz CT molecular complexity index is 843. The van der Waals surface area contributed by atoms with Crippen molar-refractivity contribution in [1.82, 2.24) is 0 Å². The van der Waals surface area contributed by atoms with Crippen molar-refractivity contribution in [2.75, 3.05) is 0 Å². The Kier molecular flexibility index (Phi) is 4.26. The summed E-state index contributed by atoms with van der Waals surface area (Å²) in [6, 6.07) is 21.6. The summed E-state index contributed by atoms with van der Waals surface area (Å²) < 4.78 is 0. The second kappa shape index (κ2) is 6.50. The Morgan fingerprint density at radius 2 is 1.14 bits per heavy atom. The molecule has 0 saturated carbocycles. The summed E-state index contributed by atoms with van der Waals surface area (Å²) in [6.07, 6.45) is 2.14. The maximum absolute atomic E-state index is 3.27. The lowest BCUT2D eigenvalue weighted by Gasteiger charge is -2.02. The van der Waals surface area contributed by atoms with E-state index < -0.39 is 0 Å². The number of hydrogen-bond donors (Lipinski definition) is 0. The van der Waals surface area contributed by atoms with E-state index in [0.29, 0.717) is 0 Å². The molecule has 3 aromatic rings. The van der Waals surface area contributed by atoms with Gasteiger partial charge < -0.3 is 0 Å². The van der Waals surface area contributed by atoms with Crippen LogP contribution < -0.4 is 0 Å². The Labute approximate surface area is 132 Å². The fourth-order valence-corrected chi connectivity index (χ4v) is 2.56. The number of hydrogen-bond acceptors (Lipinski definition) is 0. The summed E-state index contributed by atoms with van der Waals surface area (Å²) in [7, 11) is 0. The summed E-state index contributed by atoms with van der Waals surface area (Å²) >= 11 is 0. The minimum atomic E-state index is 1.07. The molecule has 0 saturated heterocycles. The van der Waals surface area contributed by atoms with Crippen LogP contribution >= 0.6 is 0 Å². The van der Waals surface area contributed by atoms with Crippen molar-refractivity contribution in [3.05, 3.63) is 82.9 Å². The number of fused-ring (bicyclic) bond motifs is 1. The highest BCUT2D eigenvalue weighted by Crippen LogP contribution is 2.18. The third-order valence-corrected chi connectivity index (χ3v) is 4.03. The largest absolute Gasteiger partial charge is 0.0617 e. The molecular weight excluding hydrogens is 264 g/mol. The van der Waals surface area contributed by atoms with Crippen molar-refractivity contribution in [2.24, 2.45) is 0 Å². The van der Waals surface area contributed by atoms with Crippen molar-refractivity contribution in [1.29, 1.82) is 0 Å². The van der Waals surface area contributed by atoms with Crippen LogP contribution in [0, 0.1) is 11.8 Å². The summed E-state index contributed by atoms with van der Waals surface area (Å²) in [5, 5.41) is 2.54. The molecule has 0 bridgehead atoms. The molecule has 3 aromatic carbocycles. The normalized spacial score (nSPS) is 10.3. The first kappa shape index (κ1) is 14.4. The zero-order valence-corrected chi connectivity index (χ0v) is 13.2. The van der Waals surface area contributed by atoms with Crippen molar-refractivity contribution in [3.8, 4) is 11.8 Å². The molecule has 0 heterocycles. The molecule has 0 amide bonds. The molecule has 0 aliphatic rings. The van der Waals surface area contributed by atoms with E-state index in [4.69, 9.17) is 0 Å². The van der Waals surface area contributed by atoms with Crippen molar-refractivity contribution >= 4 is 10.8 Å². The van der Waals surface area contributed by atoms with Crippen LogP contribution in [0.25, 0.3) is 10.8 Å². The van der Waals surface area contributed by atoms with Gasteiger partial charge in [0.1, 0.15) is 0 Å². The van der Waals surface area contributed by atoms with Gasteiger partial charge in [-0.25, -0.2) is 0 Å². The van der Waals surface area contributed by atoms with Gasteiger partial charge in [-0.1, -0.05) is 62.1 Å². The van der Waals surface area contributed by atoms with Gasteiger partial charge in [0.25, 0.3) is 0 Å². The zero-order chi connectivity index (χ0) is 15.4. The van der Waals surface area contributed by atoms with Gasteiger partial charge in [-0.3, -0.25) is 0 Å². The molecule has 0 spiro atoms. The van der Waals surface area contributed by atoms with E-state index in [1.54, 1.807) is 0 Å². The molecule has 0 radical (unpaired) electrons. The van der Waals surface area contributed by atoms with Gasteiger partial charge >= 0.3 is 0 Å². The first-order valence-electron chi connectivity index (χ1n) is 7.92. The Morgan fingerprint density at radius 1 is 0.591 bits per heavy atom. The summed E-state index contributed by atoms with van der Waals surface area (Å²) in [4.78, 5) is 0. The standard InChI is InChI=1S/C22H20/c1-3-17-5-7-19(8-6-17)9-10-20-12-14-21-15-18(4-2)11-13-22(21)16-20/h5-8,11-16H,3-4H2,1-2H3. The Hall–Kier alpha value is -2.52. The maximum Gasteiger partial charge on any atom is 0.0255 e. The zero-order valence-electron chi connectivity index (χ0n) is 13.2. The van der Waals surface area contributed by atoms with Crippen LogP contribution in [-0.4, -0.2) is 0 Å². The van der Waals surface area contributed by atoms with Crippen LogP contribution in [0.3, 0.4) is 0 Å². The van der Waals surface area contributed by atoms with Gasteiger partial charge in [0.2, 0.25) is 0 Å². The number of rotatable bonds is 2. The second-order valence-corrected chi connectivity index (χ2v) is 5.55. The van der Waals surface area contributed by atoms with E-state index in [0.717, 1.165) is 24.0 Å². The lowest BCUT2D eigenvalue weighted by atomic mass is 10.0. The van der Waals surface area contributed by atoms with E-state index in [1.165, 1.54) is 21.9 Å². The predicted molar refractivity (Wildman–Crippen MR) is 95.1 cm³/mol. The van der Waals surface area contributed by atoms with E-state index in [9.17, 15) is 0 Å². The smallest absolute Gasteiger partial charge is 0.0255 e. The third kappa shape index (κ3) is 3.21. The SMILES string of the molecule is CCc1ccc(C#Cc2ccc3cc(CC)ccc3c2)cc1. The second-order valence-electron chi connectivity index (χ2n) is 5.55. The highest BCUT2D eigenvalue weighted by atomic mass is 14.0. The minimum Gasteiger partial charge on any atom is -0.0617 e. The minimum absolute atomic E-state index is 1.07. The lowest BCUT2D eigenvalue weighted by Crippen LogP contribution is -1.82. The fourth-order valence-electron chi connectivity index (χ4n) is 2.56. The molecule has 22 heavy (non-hydrogen) atoms. The lowest BCUT2D eigenvalue weighted by molar-refractivity contribution is 1.14. The third-order valence-electron chi connectivity index (χ3n) is 4.03. The molecule has 0 N–H and O–H groups in total. The topological polar surface area (TPSA) is 0 Å². The first-order valence-corrected chi connectivity index (χ1v) is 7.92. The van der Waals surface area contributed by atoms with Gasteiger partial charge in [0, 0.05) is 11.1 Å². The van der Waals surface area contributed by atoms with E-state index in [2.05, 4.69) is 86.4 Å². The van der Waals surface area contributed by atoms with Crippen LogP contribution in [-0.2, 0) is 12.8 Å². The predicted octanol–water partition coefficient (Wildman–Crippen LogP) is 5.36. The van der Waals surface area contributed by atoms with E-state index >= 15 is 0 Å².